The topological polar surface area (TPSA) is 74.7 Å². The fraction of sp³-hybridized carbons (Fsp3) is 0.214. The first-order chi connectivity index (χ1) is 9.40. The summed E-state index contributed by atoms with van der Waals surface area (Å²) in [6.45, 7) is 1.76. The molecule has 1 atom stereocenters. The lowest BCUT2D eigenvalue weighted by Crippen LogP contribution is -2.30. The molecule has 0 saturated heterocycles. The molecule has 1 heterocycles. The summed E-state index contributed by atoms with van der Waals surface area (Å²) in [5.41, 5.74) is 0.980. The summed E-state index contributed by atoms with van der Waals surface area (Å²) in [4.78, 5) is 35.4. The molecule has 0 radical (unpaired) electrons. The number of carbonyl (C=O) groups is 3. The molecule has 5 nitrogen and oxygen atoms in total. The van der Waals surface area contributed by atoms with Gasteiger partial charge in [-0.1, -0.05) is 35.0 Å². The van der Waals surface area contributed by atoms with Crippen molar-refractivity contribution in [3.05, 3.63) is 42.0 Å². The third-order valence-corrected chi connectivity index (χ3v) is 4.58. The van der Waals surface area contributed by atoms with Crippen molar-refractivity contribution in [2.24, 2.45) is 0 Å². The van der Waals surface area contributed by atoms with Gasteiger partial charge >= 0.3 is 5.97 Å². The molecule has 0 saturated carbocycles. The molecule has 1 aromatic carbocycles. The highest BCUT2D eigenvalue weighted by molar-refractivity contribution is 9.10. The maximum Gasteiger partial charge on any atom is 0.324 e. The van der Waals surface area contributed by atoms with E-state index in [1.54, 1.807) is 31.2 Å². The van der Waals surface area contributed by atoms with Crippen LogP contribution in [0.5, 0.6) is 0 Å². The van der Waals surface area contributed by atoms with Crippen LogP contribution < -0.4 is 4.90 Å². The Labute approximate surface area is 124 Å². The van der Waals surface area contributed by atoms with Gasteiger partial charge in [0.05, 0.1) is 5.69 Å². The van der Waals surface area contributed by atoms with Crippen molar-refractivity contribution in [1.82, 2.24) is 0 Å². The SMILES string of the molecule is CCC(Br)(C(=O)O)c1ccc(N2C(=O)C=CC2=O)cc1. The number of carboxylic acid groups (broad SMARTS) is 1. The Morgan fingerprint density at radius 3 is 2.10 bits per heavy atom. The summed E-state index contributed by atoms with van der Waals surface area (Å²) in [5.74, 6) is -1.79. The fourth-order valence-electron chi connectivity index (χ4n) is 2.01. The maximum atomic E-state index is 11.5. The Balaban J connectivity index is 2.34. The molecule has 104 valence electrons. The Kier molecular flexibility index (Phi) is 3.76. The van der Waals surface area contributed by atoms with Crippen LogP contribution in [-0.4, -0.2) is 22.9 Å². The molecule has 1 unspecified atom stereocenters. The molecule has 6 heteroatoms. The number of aliphatic carboxylic acids is 1. The number of halogens is 1. The standard InChI is InChI=1S/C14H12BrNO4/c1-2-14(15,13(19)20)9-3-5-10(6-4-9)16-11(17)7-8-12(16)18/h3-8H,2H2,1H3,(H,19,20). The van der Waals surface area contributed by atoms with Crippen LogP contribution in [0.15, 0.2) is 36.4 Å². The van der Waals surface area contributed by atoms with Gasteiger partial charge in [-0.2, -0.15) is 0 Å². The zero-order valence-electron chi connectivity index (χ0n) is 10.7. The van der Waals surface area contributed by atoms with Crippen molar-refractivity contribution in [2.45, 2.75) is 17.7 Å². The number of carboxylic acids is 1. The van der Waals surface area contributed by atoms with Gasteiger partial charge in [-0.25, -0.2) is 4.90 Å². The number of benzene rings is 1. The summed E-state index contributed by atoms with van der Waals surface area (Å²) in [5, 5.41) is 9.28. The highest BCUT2D eigenvalue weighted by Crippen LogP contribution is 2.36. The van der Waals surface area contributed by atoms with Crippen molar-refractivity contribution in [2.75, 3.05) is 4.90 Å². The van der Waals surface area contributed by atoms with Crippen molar-refractivity contribution in [3.63, 3.8) is 0 Å². The monoisotopic (exact) mass is 337 g/mol. The van der Waals surface area contributed by atoms with Gasteiger partial charge in [0.2, 0.25) is 0 Å². The number of alkyl halides is 1. The Morgan fingerprint density at radius 1 is 1.20 bits per heavy atom. The molecular formula is C14H12BrNO4. The van der Waals surface area contributed by atoms with E-state index in [2.05, 4.69) is 15.9 Å². The second-order valence-electron chi connectivity index (χ2n) is 4.35. The average molecular weight is 338 g/mol. The van der Waals surface area contributed by atoms with Crippen LogP contribution in [0.4, 0.5) is 5.69 Å². The van der Waals surface area contributed by atoms with Crippen LogP contribution in [0.3, 0.4) is 0 Å². The number of imide groups is 1. The highest BCUT2D eigenvalue weighted by Gasteiger charge is 2.36. The second-order valence-corrected chi connectivity index (χ2v) is 5.71. The van der Waals surface area contributed by atoms with Crippen LogP contribution in [0.2, 0.25) is 0 Å². The van der Waals surface area contributed by atoms with Gasteiger partial charge in [-0.15, -0.1) is 0 Å². The van der Waals surface area contributed by atoms with E-state index < -0.39 is 22.1 Å². The van der Waals surface area contributed by atoms with E-state index in [-0.39, 0.29) is 0 Å². The van der Waals surface area contributed by atoms with E-state index in [1.165, 1.54) is 12.2 Å². The van der Waals surface area contributed by atoms with Crippen molar-refractivity contribution in [1.29, 1.82) is 0 Å². The molecule has 1 aliphatic heterocycles. The van der Waals surface area contributed by atoms with Crippen molar-refractivity contribution < 1.29 is 19.5 Å². The number of hydrogen-bond donors (Lipinski definition) is 1. The summed E-state index contributed by atoms with van der Waals surface area (Å²) >= 11 is 3.23. The Morgan fingerprint density at radius 2 is 1.70 bits per heavy atom. The number of amides is 2. The first-order valence-electron chi connectivity index (χ1n) is 5.99. The normalized spacial score (nSPS) is 17.4. The van der Waals surface area contributed by atoms with Gasteiger partial charge in [0.25, 0.3) is 11.8 Å². The minimum atomic E-state index is -1.16. The predicted octanol–water partition coefficient (Wildman–Crippen LogP) is 2.20. The van der Waals surface area contributed by atoms with E-state index in [4.69, 9.17) is 0 Å². The van der Waals surface area contributed by atoms with Crippen LogP contribution in [-0.2, 0) is 18.7 Å². The van der Waals surface area contributed by atoms with Gasteiger partial charge in [-0.3, -0.25) is 14.4 Å². The first-order valence-corrected chi connectivity index (χ1v) is 6.78. The van der Waals surface area contributed by atoms with Crippen LogP contribution >= 0.6 is 15.9 Å². The van der Waals surface area contributed by atoms with Crippen LogP contribution in [0.25, 0.3) is 0 Å². The van der Waals surface area contributed by atoms with Crippen LogP contribution in [0, 0.1) is 0 Å². The molecule has 1 N–H and O–H groups in total. The van der Waals surface area contributed by atoms with Gasteiger partial charge in [0.15, 0.2) is 0 Å². The number of nitrogens with zero attached hydrogens (tertiary/aromatic N) is 1. The molecular weight excluding hydrogens is 326 g/mol. The van der Waals surface area contributed by atoms with Gasteiger partial charge in [-0.05, 0) is 24.1 Å². The van der Waals surface area contributed by atoms with Gasteiger partial charge in [0, 0.05) is 12.2 Å². The van der Waals surface area contributed by atoms with E-state index in [0.717, 1.165) is 4.90 Å². The van der Waals surface area contributed by atoms with Crippen LogP contribution in [0.1, 0.15) is 18.9 Å². The summed E-state index contributed by atoms with van der Waals surface area (Å²) < 4.78 is -1.16. The molecule has 20 heavy (non-hydrogen) atoms. The zero-order chi connectivity index (χ0) is 14.9. The van der Waals surface area contributed by atoms with Crippen molar-refractivity contribution >= 4 is 39.4 Å². The fourth-order valence-corrected chi connectivity index (χ4v) is 2.27. The molecule has 0 spiro atoms. The average Bonchev–Trinajstić information content (AvgIpc) is 2.77. The smallest absolute Gasteiger partial charge is 0.324 e. The lowest BCUT2D eigenvalue weighted by atomic mass is 9.96. The first kappa shape index (κ1) is 14.5. The lowest BCUT2D eigenvalue weighted by Gasteiger charge is -2.22. The molecule has 0 bridgehead atoms. The van der Waals surface area contributed by atoms with E-state index in [1.807, 2.05) is 0 Å². The number of rotatable bonds is 4. The largest absolute Gasteiger partial charge is 0.480 e. The summed E-state index contributed by atoms with van der Waals surface area (Å²) in [6.07, 6.45) is 2.77. The number of anilines is 1. The summed E-state index contributed by atoms with van der Waals surface area (Å²) in [7, 11) is 0. The number of hydrogen-bond acceptors (Lipinski definition) is 3. The minimum Gasteiger partial charge on any atom is -0.480 e. The Hall–Kier alpha value is -1.95. The molecule has 1 aromatic rings. The third kappa shape index (κ3) is 2.27. The number of carbonyl (C=O) groups excluding carboxylic acids is 2. The zero-order valence-corrected chi connectivity index (χ0v) is 12.3. The highest BCUT2D eigenvalue weighted by atomic mass is 79.9. The second kappa shape index (κ2) is 5.20. The molecule has 2 rings (SSSR count). The van der Waals surface area contributed by atoms with E-state index in [9.17, 15) is 19.5 Å². The molecule has 1 aliphatic rings. The molecule has 0 fully saturated rings. The third-order valence-electron chi connectivity index (χ3n) is 3.22. The minimum absolute atomic E-state index is 0.366. The predicted molar refractivity (Wildman–Crippen MR) is 76.6 cm³/mol. The Bertz CT molecular complexity index is 590. The molecule has 0 aromatic heterocycles. The van der Waals surface area contributed by atoms with Crippen molar-refractivity contribution in [3.8, 4) is 0 Å². The quantitative estimate of drug-likeness (QED) is 0.675. The van der Waals surface area contributed by atoms with Gasteiger partial charge in [0.1, 0.15) is 4.32 Å². The van der Waals surface area contributed by atoms with Gasteiger partial charge < -0.3 is 5.11 Å². The van der Waals surface area contributed by atoms with E-state index >= 15 is 0 Å². The lowest BCUT2D eigenvalue weighted by molar-refractivity contribution is -0.140. The van der Waals surface area contributed by atoms with E-state index in [0.29, 0.717) is 17.7 Å². The summed E-state index contributed by atoms with van der Waals surface area (Å²) in [6, 6.07) is 6.32. The maximum absolute atomic E-state index is 11.5. The molecule has 2 amide bonds. The molecule has 0 aliphatic carbocycles.